The monoisotopic (exact) mass is 381 g/mol. The van der Waals surface area contributed by atoms with Crippen molar-refractivity contribution < 1.29 is 9.90 Å². The van der Waals surface area contributed by atoms with Gasteiger partial charge in [-0.1, -0.05) is 72.8 Å². The molecule has 0 saturated carbocycles. The number of benzene rings is 3. The Kier molecular flexibility index (Phi) is 4.91. The van der Waals surface area contributed by atoms with Gasteiger partial charge in [0.05, 0.1) is 0 Å². The maximum Gasteiger partial charge on any atom is 0.250 e. The van der Waals surface area contributed by atoms with Crippen molar-refractivity contribution in [3.63, 3.8) is 0 Å². The second kappa shape index (κ2) is 7.53. The molecule has 1 aliphatic carbocycles. The van der Waals surface area contributed by atoms with Crippen LogP contribution in [0.3, 0.4) is 0 Å². The summed E-state index contributed by atoms with van der Waals surface area (Å²) in [6.07, 6.45) is 0.807. The Hall–Kier alpha value is -3.43. The number of hydrogen-bond acceptors (Lipinski definition) is 2. The number of rotatable bonds is 4. The van der Waals surface area contributed by atoms with Gasteiger partial charge in [0.25, 0.3) is 5.91 Å². The van der Waals surface area contributed by atoms with E-state index in [0.29, 0.717) is 5.57 Å². The van der Waals surface area contributed by atoms with Gasteiger partial charge in [-0.3, -0.25) is 4.79 Å². The third kappa shape index (κ3) is 3.30. The van der Waals surface area contributed by atoms with Crippen LogP contribution in [0.4, 0.5) is 0 Å². The quantitative estimate of drug-likeness (QED) is 0.679. The fourth-order valence-electron chi connectivity index (χ4n) is 4.11. The van der Waals surface area contributed by atoms with E-state index in [1.807, 2.05) is 62.4 Å². The van der Waals surface area contributed by atoms with Crippen LogP contribution in [0.1, 0.15) is 29.2 Å². The third-order valence-electron chi connectivity index (χ3n) is 5.53. The Bertz CT molecular complexity index is 1160. The molecule has 3 N–H and O–H groups in total. The van der Waals surface area contributed by atoms with E-state index in [4.69, 9.17) is 5.73 Å². The molecule has 0 aliphatic heterocycles. The molecule has 0 spiro atoms. The number of hydrogen-bond donors (Lipinski definition) is 2. The highest BCUT2D eigenvalue weighted by Gasteiger charge is 2.31. The van der Waals surface area contributed by atoms with Crippen LogP contribution in [-0.4, -0.2) is 17.1 Å². The molecule has 144 valence electrons. The van der Waals surface area contributed by atoms with Gasteiger partial charge in [0, 0.05) is 5.57 Å². The Labute approximate surface area is 170 Å². The molecule has 4 rings (SSSR count). The Balaban J connectivity index is 1.94. The fraction of sp³-hybridized carbons (Fsp3) is 0.115. The van der Waals surface area contributed by atoms with Gasteiger partial charge in [0.2, 0.25) is 0 Å². The summed E-state index contributed by atoms with van der Waals surface area (Å²) < 4.78 is 0. The average Bonchev–Trinajstić information content (AvgIpc) is 3.01. The topological polar surface area (TPSA) is 63.3 Å². The average molecular weight is 381 g/mol. The zero-order chi connectivity index (χ0) is 20.5. The molecule has 1 aliphatic rings. The molecule has 0 fully saturated rings. The predicted molar refractivity (Wildman–Crippen MR) is 119 cm³/mol. The van der Waals surface area contributed by atoms with Gasteiger partial charge in [-0.2, -0.15) is 0 Å². The smallest absolute Gasteiger partial charge is 0.250 e. The van der Waals surface area contributed by atoms with Crippen LogP contribution in [0.15, 0.2) is 78.4 Å². The lowest BCUT2D eigenvalue weighted by Crippen LogP contribution is -2.29. The summed E-state index contributed by atoms with van der Waals surface area (Å²) >= 11 is 0. The molecule has 3 nitrogen and oxygen atoms in total. The number of carbonyl (C=O) groups excluding carboxylic acids is 1. The first-order chi connectivity index (χ1) is 14.0. The van der Waals surface area contributed by atoms with Crippen LogP contribution >= 0.6 is 0 Å². The summed E-state index contributed by atoms with van der Waals surface area (Å²) in [6, 6.07) is 24.5. The van der Waals surface area contributed by atoms with Crippen molar-refractivity contribution in [2.75, 3.05) is 0 Å². The second-order valence-electron chi connectivity index (χ2n) is 7.35. The summed E-state index contributed by atoms with van der Waals surface area (Å²) in [5.74, 6) is -0.737. The van der Waals surface area contributed by atoms with Gasteiger partial charge in [-0.15, -0.1) is 0 Å². The fourth-order valence-corrected chi connectivity index (χ4v) is 4.11. The van der Waals surface area contributed by atoms with Crippen molar-refractivity contribution in [3.8, 4) is 11.1 Å². The lowest BCUT2D eigenvalue weighted by molar-refractivity contribution is -0.123. The number of primary amides is 1. The van der Waals surface area contributed by atoms with Crippen LogP contribution in [0.5, 0.6) is 0 Å². The maximum atomic E-state index is 11.8. The highest BCUT2D eigenvalue weighted by atomic mass is 16.3. The first-order valence-corrected chi connectivity index (χ1v) is 9.64. The third-order valence-corrected chi connectivity index (χ3v) is 5.53. The normalized spacial score (nSPS) is 15.5. The largest absolute Gasteiger partial charge is 0.378 e. The van der Waals surface area contributed by atoms with E-state index in [1.165, 1.54) is 0 Å². The summed E-state index contributed by atoms with van der Waals surface area (Å²) in [7, 11) is 0. The van der Waals surface area contributed by atoms with Gasteiger partial charge >= 0.3 is 0 Å². The van der Waals surface area contributed by atoms with Gasteiger partial charge < -0.3 is 10.8 Å². The van der Waals surface area contributed by atoms with E-state index in [1.54, 1.807) is 0 Å². The number of aliphatic hydroxyl groups is 1. The molecule has 0 heterocycles. The zero-order valence-corrected chi connectivity index (χ0v) is 16.5. The number of allylic oxidation sites excluding steroid dienone is 2. The minimum Gasteiger partial charge on any atom is -0.378 e. The molecule has 3 aromatic carbocycles. The van der Waals surface area contributed by atoms with E-state index in [-0.39, 0.29) is 0 Å². The minimum atomic E-state index is -1.33. The molecule has 3 aromatic rings. The number of carbonyl (C=O) groups is 1. The van der Waals surface area contributed by atoms with E-state index in [9.17, 15) is 9.90 Å². The second-order valence-corrected chi connectivity index (χ2v) is 7.35. The first-order valence-electron chi connectivity index (χ1n) is 9.64. The molecule has 1 amide bonds. The molecule has 0 bridgehead atoms. The van der Waals surface area contributed by atoms with Crippen molar-refractivity contribution in [2.24, 2.45) is 5.73 Å². The molecule has 0 radical (unpaired) electrons. The van der Waals surface area contributed by atoms with Crippen LogP contribution in [0.2, 0.25) is 0 Å². The lowest BCUT2D eigenvalue weighted by atomic mass is 9.94. The molecule has 29 heavy (non-hydrogen) atoms. The standard InChI is InChI=1S/C26H23NO2/c1-16-9-8-14-21-22(17(2)24(23(16)21)25(28)26(27)29)15-19-12-6-7-13-20(19)18-10-4-3-5-11-18/h3-15,25,28H,1-2H3,(H2,27,29). The van der Waals surface area contributed by atoms with E-state index in [2.05, 4.69) is 30.3 Å². The van der Waals surface area contributed by atoms with Crippen molar-refractivity contribution in [1.29, 1.82) is 0 Å². The number of nitrogens with two attached hydrogens (primary N) is 1. The lowest BCUT2D eigenvalue weighted by Gasteiger charge is -2.13. The Morgan fingerprint density at radius 1 is 0.897 bits per heavy atom. The first kappa shape index (κ1) is 18.9. The molecule has 0 saturated heterocycles. The Morgan fingerprint density at radius 3 is 2.28 bits per heavy atom. The SMILES string of the molecule is CC1=C(C(O)C(N)=O)c2c(C)cccc2C1=Cc1ccccc1-c1ccccc1. The summed E-state index contributed by atoms with van der Waals surface area (Å²) in [4.78, 5) is 11.8. The summed E-state index contributed by atoms with van der Waals surface area (Å²) in [5.41, 5.74) is 14.2. The van der Waals surface area contributed by atoms with E-state index < -0.39 is 12.0 Å². The van der Waals surface area contributed by atoms with Gasteiger partial charge in [-0.05, 0) is 64.5 Å². The zero-order valence-electron chi connectivity index (χ0n) is 16.5. The molecular formula is C26H23NO2. The van der Waals surface area contributed by atoms with Crippen molar-refractivity contribution in [3.05, 3.63) is 101 Å². The van der Waals surface area contributed by atoms with Crippen molar-refractivity contribution >= 4 is 23.1 Å². The van der Waals surface area contributed by atoms with Crippen LogP contribution < -0.4 is 5.73 Å². The number of aryl methyl sites for hydroxylation is 1. The highest BCUT2D eigenvalue weighted by molar-refractivity contribution is 6.11. The highest BCUT2D eigenvalue weighted by Crippen LogP contribution is 2.45. The molecule has 1 atom stereocenters. The van der Waals surface area contributed by atoms with Crippen LogP contribution in [0.25, 0.3) is 28.3 Å². The molecule has 3 heteroatoms. The molecule has 0 aromatic heterocycles. The van der Waals surface area contributed by atoms with Crippen LogP contribution in [-0.2, 0) is 4.79 Å². The Morgan fingerprint density at radius 2 is 1.55 bits per heavy atom. The van der Waals surface area contributed by atoms with Crippen molar-refractivity contribution in [2.45, 2.75) is 20.0 Å². The summed E-state index contributed by atoms with van der Waals surface area (Å²) in [5, 5.41) is 10.5. The van der Waals surface area contributed by atoms with Gasteiger partial charge in [0.15, 0.2) is 6.10 Å². The molecular weight excluding hydrogens is 358 g/mol. The predicted octanol–water partition coefficient (Wildman–Crippen LogP) is 4.84. The minimum absolute atomic E-state index is 0.606. The van der Waals surface area contributed by atoms with Crippen molar-refractivity contribution in [1.82, 2.24) is 0 Å². The van der Waals surface area contributed by atoms with Gasteiger partial charge in [-0.25, -0.2) is 0 Å². The summed E-state index contributed by atoms with van der Waals surface area (Å²) in [6.45, 7) is 3.93. The molecule has 1 unspecified atom stereocenters. The van der Waals surface area contributed by atoms with E-state index >= 15 is 0 Å². The van der Waals surface area contributed by atoms with E-state index in [0.717, 1.165) is 44.5 Å². The number of fused-ring (bicyclic) bond motifs is 1. The number of aliphatic hydroxyl groups excluding tert-OH is 1. The van der Waals surface area contributed by atoms with Crippen LogP contribution in [0, 0.1) is 6.92 Å². The number of amides is 1. The maximum absolute atomic E-state index is 11.8. The van der Waals surface area contributed by atoms with Gasteiger partial charge in [0.1, 0.15) is 0 Å².